The molecule has 3 N–H and O–H groups in total. The van der Waals surface area contributed by atoms with Crippen molar-refractivity contribution >= 4 is 11.7 Å². The summed E-state index contributed by atoms with van der Waals surface area (Å²) in [5.41, 5.74) is 8.64. The topological polar surface area (TPSA) is 69.2 Å². The maximum absolute atomic E-state index is 7.85. The van der Waals surface area contributed by atoms with Crippen LogP contribution in [0, 0.1) is 19.3 Å². The van der Waals surface area contributed by atoms with Gasteiger partial charge in [0.1, 0.15) is 11.7 Å². The number of fused-ring (bicyclic) bond motifs is 1. The van der Waals surface area contributed by atoms with Crippen molar-refractivity contribution in [1.29, 1.82) is 5.41 Å². The fourth-order valence-electron chi connectivity index (χ4n) is 3.56. The zero-order valence-corrected chi connectivity index (χ0v) is 12.3. The Bertz CT molecular complexity index is 539. The summed E-state index contributed by atoms with van der Waals surface area (Å²) >= 11 is 0. The molecule has 1 unspecified atom stereocenters. The highest BCUT2D eigenvalue weighted by molar-refractivity contribution is 6.01. The molecular formula is C15H23N5. The molecule has 5 nitrogen and oxygen atoms in total. The molecule has 1 aromatic rings. The molecular weight excluding hydrogens is 250 g/mol. The van der Waals surface area contributed by atoms with Gasteiger partial charge in [0, 0.05) is 31.4 Å². The normalized spacial score (nSPS) is 22.9. The lowest BCUT2D eigenvalue weighted by molar-refractivity contribution is 0.230. The second-order valence-corrected chi connectivity index (χ2v) is 5.97. The van der Waals surface area contributed by atoms with Crippen molar-refractivity contribution in [3.8, 4) is 0 Å². The van der Waals surface area contributed by atoms with Crippen LogP contribution in [-0.2, 0) is 0 Å². The van der Waals surface area contributed by atoms with Crippen LogP contribution in [0.25, 0.3) is 0 Å². The monoisotopic (exact) mass is 273 g/mol. The Kier molecular flexibility index (Phi) is 3.38. The molecule has 3 heterocycles. The first-order chi connectivity index (χ1) is 9.56. The molecule has 2 aliphatic rings. The maximum Gasteiger partial charge on any atom is 0.140 e. The molecule has 2 saturated heterocycles. The van der Waals surface area contributed by atoms with Crippen molar-refractivity contribution in [2.45, 2.75) is 32.7 Å². The highest BCUT2D eigenvalue weighted by Crippen LogP contribution is 2.28. The van der Waals surface area contributed by atoms with Crippen molar-refractivity contribution in [2.24, 2.45) is 5.73 Å². The molecule has 0 amide bonds. The van der Waals surface area contributed by atoms with Gasteiger partial charge in [-0.25, -0.2) is 4.98 Å². The number of pyridine rings is 1. The van der Waals surface area contributed by atoms with Gasteiger partial charge >= 0.3 is 0 Å². The summed E-state index contributed by atoms with van der Waals surface area (Å²) in [5.74, 6) is 1.03. The predicted molar refractivity (Wildman–Crippen MR) is 81.5 cm³/mol. The van der Waals surface area contributed by atoms with E-state index in [0.29, 0.717) is 6.04 Å². The average Bonchev–Trinajstić information content (AvgIpc) is 2.84. The summed E-state index contributed by atoms with van der Waals surface area (Å²) < 4.78 is 0. The summed E-state index contributed by atoms with van der Waals surface area (Å²) in [6.45, 7) is 8.34. The minimum absolute atomic E-state index is 0.124. The van der Waals surface area contributed by atoms with E-state index in [9.17, 15) is 0 Å². The average molecular weight is 273 g/mol. The number of anilines is 1. The highest BCUT2D eigenvalue weighted by atomic mass is 15.3. The van der Waals surface area contributed by atoms with Crippen LogP contribution in [0.2, 0.25) is 0 Å². The molecule has 0 saturated carbocycles. The number of hydrogen-bond acceptors (Lipinski definition) is 4. The molecule has 3 rings (SSSR count). The van der Waals surface area contributed by atoms with E-state index in [1.165, 1.54) is 19.4 Å². The number of piperazine rings is 1. The summed E-state index contributed by atoms with van der Waals surface area (Å²) in [4.78, 5) is 9.58. The van der Waals surface area contributed by atoms with E-state index in [2.05, 4.69) is 14.8 Å². The third-order valence-electron chi connectivity index (χ3n) is 4.48. The molecule has 1 atom stereocenters. The van der Waals surface area contributed by atoms with Gasteiger partial charge in [-0.15, -0.1) is 0 Å². The lowest BCUT2D eigenvalue weighted by Crippen LogP contribution is -2.51. The lowest BCUT2D eigenvalue weighted by Gasteiger charge is -2.39. The quantitative estimate of drug-likeness (QED) is 0.629. The largest absolute Gasteiger partial charge is 0.384 e. The van der Waals surface area contributed by atoms with Crippen LogP contribution in [0.4, 0.5) is 5.82 Å². The van der Waals surface area contributed by atoms with Crippen LogP contribution in [0.1, 0.15) is 29.7 Å². The molecule has 108 valence electrons. The van der Waals surface area contributed by atoms with E-state index in [1.807, 2.05) is 19.9 Å². The molecule has 5 heteroatoms. The predicted octanol–water partition coefficient (Wildman–Crippen LogP) is 1.27. The van der Waals surface area contributed by atoms with Crippen LogP contribution in [-0.4, -0.2) is 47.9 Å². The number of nitrogens with two attached hydrogens (primary N) is 1. The Hall–Kier alpha value is -1.62. The number of hydrogen-bond donors (Lipinski definition) is 2. The minimum Gasteiger partial charge on any atom is -0.384 e. The van der Waals surface area contributed by atoms with Gasteiger partial charge in [-0.2, -0.15) is 0 Å². The Balaban J connectivity index is 1.95. The lowest BCUT2D eigenvalue weighted by atomic mass is 10.1. The van der Waals surface area contributed by atoms with Crippen molar-refractivity contribution in [1.82, 2.24) is 9.88 Å². The third-order valence-corrected chi connectivity index (χ3v) is 4.48. The number of nitrogen functional groups attached to an aromatic ring is 1. The molecule has 1 aromatic heterocycles. The van der Waals surface area contributed by atoms with Crippen LogP contribution in [0.3, 0.4) is 0 Å². The minimum atomic E-state index is 0.124. The van der Waals surface area contributed by atoms with E-state index < -0.39 is 0 Å². The van der Waals surface area contributed by atoms with E-state index in [4.69, 9.17) is 11.1 Å². The van der Waals surface area contributed by atoms with Gasteiger partial charge in [0.15, 0.2) is 0 Å². The highest BCUT2D eigenvalue weighted by Gasteiger charge is 2.32. The summed E-state index contributed by atoms with van der Waals surface area (Å²) in [5, 5.41) is 7.85. The van der Waals surface area contributed by atoms with Crippen LogP contribution >= 0.6 is 0 Å². The number of aryl methyl sites for hydroxylation is 2. The zero-order chi connectivity index (χ0) is 14.3. The molecule has 2 aliphatic heterocycles. The SMILES string of the molecule is Cc1cc(C)c(C(=N)N)c(N2CCN3CCCC3C2)n1. The Labute approximate surface area is 120 Å². The van der Waals surface area contributed by atoms with Crippen molar-refractivity contribution in [3.05, 3.63) is 22.9 Å². The second kappa shape index (κ2) is 5.05. The van der Waals surface area contributed by atoms with Gasteiger partial charge < -0.3 is 10.6 Å². The van der Waals surface area contributed by atoms with E-state index in [1.54, 1.807) is 0 Å². The standard InChI is InChI=1S/C15H23N5/c1-10-8-11(2)18-15(13(10)14(16)17)20-7-6-19-5-3-4-12(19)9-20/h8,12H,3-7,9H2,1-2H3,(H3,16,17). The van der Waals surface area contributed by atoms with E-state index >= 15 is 0 Å². The molecule has 0 aliphatic carbocycles. The molecule has 2 fully saturated rings. The molecule has 20 heavy (non-hydrogen) atoms. The first-order valence-electron chi connectivity index (χ1n) is 7.38. The molecule has 0 radical (unpaired) electrons. The van der Waals surface area contributed by atoms with Crippen molar-refractivity contribution in [3.63, 3.8) is 0 Å². The van der Waals surface area contributed by atoms with Gasteiger partial charge in [0.05, 0.1) is 5.56 Å². The van der Waals surface area contributed by atoms with Crippen LogP contribution in [0.15, 0.2) is 6.07 Å². The Morgan fingerprint density at radius 3 is 2.90 bits per heavy atom. The van der Waals surface area contributed by atoms with Crippen molar-refractivity contribution < 1.29 is 0 Å². The maximum atomic E-state index is 7.85. The van der Waals surface area contributed by atoms with E-state index in [0.717, 1.165) is 42.3 Å². The number of nitrogens with zero attached hydrogens (tertiary/aromatic N) is 3. The first-order valence-corrected chi connectivity index (χ1v) is 7.38. The zero-order valence-electron chi connectivity index (χ0n) is 12.3. The van der Waals surface area contributed by atoms with Crippen LogP contribution < -0.4 is 10.6 Å². The fraction of sp³-hybridized carbons (Fsp3) is 0.600. The Morgan fingerprint density at radius 2 is 2.15 bits per heavy atom. The number of amidine groups is 1. The fourth-order valence-corrected chi connectivity index (χ4v) is 3.56. The number of rotatable bonds is 2. The number of nitrogens with one attached hydrogen (secondary N) is 1. The smallest absolute Gasteiger partial charge is 0.140 e. The summed E-state index contributed by atoms with van der Waals surface area (Å²) in [7, 11) is 0. The van der Waals surface area contributed by atoms with Gasteiger partial charge in [-0.3, -0.25) is 10.3 Å². The molecule has 0 bridgehead atoms. The Morgan fingerprint density at radius 1 is 1.35 bits per heavy atom. The van der Waals surface area contributed by atoms with E-state index in [-0.39, 0.29) is 5.84 Å². The third kappa shape index (κ3) is 2.26. The van der Waals surface area contributed by atoms with Gasteiger partial charge in [-0.1, -0.05) is 0 Å². The molecule has 0 aromatic carbocycles. The second-order valence-electron chi connectivity index (χ2n) is 5.97. The summed E-state index contributed by atoms with van der Waals surface area (Å²) in [6, 6.07) is 2.65. The van der Waals surface area contributed by atoms with Gasteiger partial charge in [-0.05, 0) is 44.9 Å². The molecule has 0 spiro atoms. The number of aromatic nitrogens is 1. The van der Waals surface area contributed by atoms with Gasteiger partial charge in [0.25, 0.3) is 0 Å². The van der Waals surface area contributed by atoms with Crippen LogP contribution in [0.5, 0.6) is 0 Å². The van der Waals surface area contributed by atoms with Crippen molar-refractivity contribution in [2.75, 3.05) is 31.1 Å². The first kappa shape index (κ1) is 13.4. The van der Waals surface area contributed by atoms with Gasteiger partial charge in [0.2, 0.25) is 0 Å². The summed E-state index contributed by atoms with van der Waals surface area (Å²) in [6.07, 6.45) is 2.58.